The van der Waals surface area contributed by atoms with Gasteiger partial charge in [0.05, 0.1) is 5.56 Å². The molecule has 4 heteroatoms. The van der Waals surface area contributed by atoms with Crippen molar-refractivity contribution in [3.8, 4) is 0 Å². The number of pyridine rings is 1. The number of carbonyl (C=O) groups is 1. The molecule has 1 aromatic heterocycles. The van der Waals surface area contributed by atoms with Gasteiger partial charge in [0.2, 0.25) is 0 Å². The molecular formula is C11H15N3O. The van der Waals surface area contributed by atoms with E-state index >= 15 is 0 Å². The fraction of sp³-hybridized carbons (Fsp3) is 0.455. The summed E-state index contributed by atoms with van der Waals surface area (Å²) < 4.78 is 0. The summed E-state index contributed by atoms with van der Waals surface area (Å²) >= 11 is 0. The zero-order chi connectivity index (χ0) is 10.7. The average molecular weight is 205 g/mol. The molecule has 1 aromatic rings. The van der Waals surface area contributed by atoms with Gasteiger partial charge in [-0.2, -0.15) is 0 Å². The Labute approximate surface area is 89.1 Å². The smallest absolute Gasteiger partial charge is 0.253 e. The average Bonchev–Trinajstić information content (AvgIpc) is 2.28. The summed E-state index contributed by atoms with van der Waals surface area (Å²) in [5.41, 5.74) is 3.02. The number of nitrogens with zero attached hydrogens (tertiary/aromatic N) is 1. The first kappa shape index (κ1) is 10.1. The number of aromatic nitrogens is 1. The highest BCUT2D eigenvalue weighted by molar-refractivity contribution is 5.95. The first-order valence-corrected chi connectivity index (χ1v) is 5.27. The molecule has 0 atom stereocenters. The van der Waals surface area contributed by atoms with E-state index in [1.807, 2.05) is 13.1 Å². The fourth-order valence-electron chi connectivity index (χ4n) is 1.87. The van der Waals surface area contributed by atoms with E-state index in [4.69, 9.17) is 0 Å². The molecule has 2 heterocycles. The van der Waals surface area contributed by atoms with Gasteiger partial charge in [-0.05, 0) is 31.0 Å². The van der Waals surface area contributed by atoms with Crippen LogP contribution in [0.3, 0.4) is 0 Å². The van der Waals surface area contributed by atoms with E-state index in [1.54, 1.807) is 6.20 Å². The third-order valence-electron chi connectivity index (χ3n) is 2.60. The molecule has 2 N–H and O–H groups in total. The van der Waals surface area contributed by atoms with E-state index in [0.717, 1.165) is 36.2 Å². The SMILES string of the molecule is CCNC(=O)c1cncc2c1CCNC2. The normalized spacial score (nSPS) is 14.5. The standard InChI is InChI=1S/C11H15N3O/c1-2-14-11(15)10-7-13-6-8-5-12-4-3-9(8)10/h6-7,12H,2-5H2,1H3,(H,14,15). The Bertz CT molecular complexity index is 376. The number of carbonyl (C=O) groups excluding carboxylic acids is 1. The van der Waals surface area contributed by atoms with Crippen molar-refractivity contribution in [2.24, 2.45) is 0 Å². The lowest BCUT2D eigenvalue weighted by Crippen LogP contribution is -2.29. The molecule has 0 unspecified atom stereocenters. The summed E-state index contributed by atoms with van der Waals surface area (Å²) in [5, 5.41) is 6.08. The van der Waals surface area contributed by atoms with Gasteiger partial charge in [-0.15, -0.1) is 0 Å². The number of rotatable bonds is 2. The first-order valence-electron chi connectivity index (χ1n) is 5.27. The molecule has 1 aliphatic rings. The van der Waals surface area contributed by atoms with Crippen LogP contribution in [0.4, 0.5) is 0 Å². The number of nitrogens with one attached hydrogen (secondary N) is 2. The molecule has 0 saturated heterocycles. The van der Waals surface area contributed by atoms with Crippen molar-refractivity contribution in [2.75, 3.05) is 13.1 Å². The molecule has 1 amide bonds. The van der Waals surface area contributed by atoms with Gasteiger partial charge in [0, 0.05) is 25.5 Å². The Morgan fingerprint density at radius 2 is 2.47 bits per heavy atom. The lowest BCUT2D eigenvalue weighted by Gasteiger charge is -2.19. The molecule has 15 heavy (non-hydrogen) atoms. The lowest BCUT2D eigenvalue weighted by molar-refractivity contribution is 0.0954. The van der Waals surface area contributed by atoms with E-state index < -0.39 is 0 Å². The molecule has 0 aromatic carbocycles. The summed E-state index contributed by atoms with van der Waals surface area (Å²) in [5.74, 6) is -0.0104. The van der Waals surface area contributed by atoms with Gasteiger partial charge in [-0.3, -0.25) is 9.78 Å². The largest absolute Gasteiger partial charge is 0.352 e. The highest BCUT2D eigenvalue weighted by atomic mass is 16.1. The molecule has 0 saturated carbocycles. The minimum Gasteiger partial charge on any atom is -0.352 e. The van der Waals surface area contributed by atoms with Crippen LogP contribution in [0.25, 0.3) is 0 Å². The molecule has 2 rings (SSSR count). The minimum absolute atomic E-state index is 0.0104. The van der Waals surface area contributed by atoms with Crippen molar-refractivity contribution in [3.63, 3.8) is 0 Å². The van der Waals surface area contributed by atoms with Gasteiger partial charge in [0.1, 0.15) is 0 Å². The van der Waals surface area contributed by atoms with Crippen LogP contribution in [0.1, 0.15) is 28.4 Å². The molecule has 4 nitrogen and oxygen atoms in total. The fourth-order valence-corrected chi connectivity index (χ4v) is 1.87. The van der Waals surface area contributed by atoms with Crippen molar-refractivity contribution < 1.29 is 4.79 Å². The Morgan fingerprint density at radius 1 is 1.60 bits per heavy atom. The number of hydrogen-bond acceptors (Lipinski definition) is 3. The van der Waals surface area contributed by atoms with E-state index in [2.05, 4.69) is 15.6 Å². The maximum absolute atomic E-state index is 11.7. The van der Waals surface area contributed by atoms with E-state index in [1.165, 1.54) is 0 Å². The van der Waals surface area contributed by atoms with E-state index in [9.17, 15) is 4.79 Å². The molecule has 0 aliphatic carbocycles. The minimum atomic E-state index is -0.0104. The Hall–Kier alpha value is -1.42. The van der Waals surface area contributed by atoms with Gasteiger partial charge in [-0.1, -0.05) is 0 Å². The highest BCUT2D eigenvalue weighted by Crippen LogP contribution is 2.16. The van der Waals surface area contributed by atoms with E-state index in [-0.39, 0.29) is 5.91 Å². The summed E-state index contributed by atoms with van der Waals surface area (Å²) in [6, 6.07) is 0. The first-order chi connectivity index (χ1) is 7.33. The maximum atomic E-state index is 11.7. The van der Waals surface area contributed by atoms with Gasteiger partial charge in [0.15, 0.2) is 0 Å². The Balaban J connectivity index is 2.34. The lowest BCUT2D eigenvalue weighted by atomic mass is 9.98. The maximum Gasteiger partial charge on any atom is 0.253 e. The number of hydrogen-bond donors (Lipinski definition) is 2. The van der Waals surface area contributed by atoms with Crippen molar-refractivity contribution in [1.29, 1.82) is 0 Å². The molecule has 80 valence electrons. The second-order valence-electron chi connectivity index (χ2n) is 3.61. The summed E-state index contributed by atoms with van der Waals surface area (Å²) in [7, 11) is 0. The van der Waals surface area contributed by atoms with Gasteiger partial charge in [-0.25, -0.2) is 0 Å². The third-order valence-corrected chi connectivity index (χ3v) is 2.60. The Morgan fingerprint density at radius 3 is 3.27 bits per heavy atom. The van der Waals surface area contributed by atoms with Crippen LogP contribution >= 0.6 is 0 Å². The number of amides is 1. The quantitative estimate of drug-likeness (QED) is 0.738. The van der Waals surface area contributed by atoms with Gasteiger partial charge in [0.25, 0.3) is 5.91 Å². The zero-order valence-electron chi connectivity index (χ0n) is 8.84. The second-order valence-corrected chi connectivity index (χ2v) is 3.61. The van der Waals surface area contributed by atoms with Crippen LogP contribution in [0.2, 0.25) is 0 Å². The van der Waals surface area contributed by atoms with Crippen LogP contribution < -0.4 is 10.6 Å². The molecule has 1 aliphatic heterocycles. The predicted molar refractivity (Wildman–Crippen MR) is 57.7 cm³/mol. The second kappa shape index (κ2) is 4.40. The van der Waals surface area contributed by atoms with Crippen molar-refractivity contribution in [1.82, 2.24) is 15.6 Å². The summed E-state index contributed by atoms with van der Waals surface area (Å²) in [4.78, 5) is 15.8. The van der Waals surface area contributed by atoms with Gasteiger partial charge < -0.3 is 10.6 Å². The molecule has 0 fully saturated rings. The monoisotopic (exact) mass is 205 g/mol. The zero-order valence-corrected chi connectivity index (χ0v) is 8.84. The van der Waals surface area contributed by atoms with Gasteiger partial charge >= 0.3 is 0 Å². The highest BCUT2D eigenvalue weighted by Gasteiger charge is 2.17. The number of fused-ring (bicyclic) bond motifs is 1. The topological polar surface area (TPSA) is 54.0 Å². The molecule has 0 spiro atoms. The van der Waals surface area contributed by atoms with Crippen LogP contribution in [-0.2, 0) is 13.0 Å². The van der Waals surface area contributed by atoms with Crippen molar-refractivity contribution in [3.05, 3.63) is 29.1 Å². The van der Waals surface area contributed by atoms with Crippen LogP contribution in [0, 0.1) is 0 Å². The molecule has 0 radical (unpaired) electrons. The predicted octanol–water partition coefficient (Wildman–Crippen LogP) is 0.477. The van der Waals surface area contributed by atoms with Crippen LogP contribution in [-0.4, -0.2) is 24.0 Å². The van der Waals surface area contributed by atoms with E-state index in [0.29, 0.717) is 6.54 Å². The summed E-state index contributed by atoms with van der Waals surface area (Å²) in [6.45, 7) is 4.32. The van der Waals surface area contributed by atoms with Crippen LogP contribution in [0.5, 0.6) is 0 Å². The summed E-state index contributed by atoms with van der Waals surface area (Å²) in [6.07, 6.45) is 4.41. The molecule has 0 bridgehead atoms. The van der Waals surface area contributed by atoms with Crippen molar-refractivity contribution >= 4 is 5.91 Å². The Kier molecular flexibility index (Phi) is 2.97. The molecular weight excluding hydrogens is 190 g/mol. The van der Waals surface area contributed by atoms with Crippen LogP contribution in [0.15, 0.2) is 12.4 Å². The third kappa shape index (κ3) is 1.99. The van der Waals surface area contributed by atoms with Crippen molar-refractivity contribution in [2.45, 2.75) is 19.9 Å².